The topological polar surface area (TPSA) is 88.4 Å². The number of carbonyl (C=O) groups is 2. The van der Waals surface area contributed by atoms with Crippen molar-refractivity contribution in [1.82, 2.24) is 0 Å². The first-order valence-electron chi connectivity index (χ1n) is 8.50. The molecule has 0 heterocycles. The Morgan fingerprint density at radius 2 is 1.70 bits per heavy atom. The van der Waals surface area contributed by atoms with Gasteiger partial charge in [-0.25, -0.2) is 4.79 Å². The highest BCUT2D eigenvalue weighted by Gasteiger charge is 2.11. The van der Waals surface area contributed by atoms with Gasteiger partial charge in [-0.15, -0.1) is 0 Å². The first-order valence-corrected chi connectivity index (χ1v) is 8.50. The average Bonchev–Trinajstić information content (AvgIpc) is 2.68. The summed E-state index contributed by atoms with van der Waals surface area (Å²) in [5.74, 6) is -0.238. The highest BCUT2D eigenvalue weighted by Crippen LogP contribution is 2.16. The summed E-state index contributed by atoms with van der Waals surface area (Å²) >= 11 is 0. The molecule has 0 saturated carbocycles. The molecule has 0 bridgehead atoms. The molecule has 2 aromatic carbocycles. The third-order valence-corrected chi connectivity index (χ3v) is 3.52. The fraction of sp³-hybridized carbons (Fsp3) is 0.190. The van der Waals surface area contributed by atoms with E-state index in [0.29, 0.717) is 30.0 Å². The Morgan fingerprint density at radius 3 is 2.26 bits per heavy atom. The van der Waals surface area contributed by atoms with Gasteiger partial charge in [-0.3, -0.25) is 4.79 Å². The van der Waals surface area contributed by atoms with Gasteiger partial charge in [-0.05, 0) is 61.9 Å². The summed E-state index contributed by atoms with van der Waals surface area (Å²) in [7, 11) is 0. The lowest BCUT2D eigenvalue weighted by Crippen LogP contribution is -2.13. The maximum Gasteiger partial charge on any atom is 0.338 e. The number of esters is 1. The molecule has 2 aromatic rings. The van der Waals surface area contributed by atoms with Crippen molar-refractivity contribution in [3.8, 4) is 11.8 Å². The first kappa shape index (κ1) is 19.7. The summed E-state index contributed by atoms with van der Waals surface area (Å²) in [6, 6.07) is 15.2. The molecule has 6 heteroatoms. The molecule has 0 atom stereocenters. The number of nitriles is 1. The van der Waals surface area contributed by atoms with Crippen molar-refractivity contribution in [3.63, 3.8) is 0 Å². The van der Waals surface area contributed by atoms with Crippen LogP contribution < -0.4 is 10.1 Å². The highest BCUT2D eigenvalue weighted by atomic mass is 16.5. The first-order chi connectivity index (χ1) is 13.1. The van der Waals surface area contributed by atoms with Crippen LogP contribution in [0.25, 0.3) is 6.08 Å². The smallest absolute Gasteiger partial charge is 0.338 e. The van der Waals surface area contributed by atoms with Crippen LogP contribution in [-0.4, -0.2) is 25.1 Å². The minimum Gasteiger partial charge on any atom is -0.494 e. The molecule has 0 fully saturated rings. The SMILES string of the molecule is CCOC(=O)c1ccc(NC(=O)/C(C#N)=C\c2ccc(OCC)cc2)cc1. The molecule has 6 nitrogen and oxygen atoms in total. The summed E-state index contributed by atoms with van der Waals surface area (Å²) in [4.78, 5) is 24.0. The Morgan fingerprint density at radius 1 is 1.04 bits per heavy atom. The molecular weight excluding hydrogens is 344 g/mol. The van der Waals surface area contributed by atoms with Crippen molar-refractivity contribution in [3.05, 3.63) is 65.2 Å². The molecule has 0 saturated heterocycles. The van der Waals surface area contributed by atoms with Crippen molar-refractivity contribution in [1.29, 1.82) is 5.26 Å². The van der Waals surface area contributed by atoms with Crippen LogP contribution in [0.2, 0.25) is 0 Å². The van der Waals surface area contributed by atoms with Gasteiger partial charge in [-0.2, -0.15) is 5.26 Å². The molecule has 1 amide bonds. The molecular formula is C21H20N2O4. The lowest BCUT2D eigenvalue weighted by molar-refractivity contribution is -0.112. The van der Waals surface area contributed by atoms with E-state index in [2.05, 4.69) is 5.32 Å². The Balaban J connectivity index is 2.08. The van der Waals surface area contributed by atoms with Gasteiger partial charge in [-0.1, -0.05) is 12.1 Å². The number of hydrogen-bond donors (Lipinski definition) is 1. The molecule has 0 aliphatic heterocycles. The predicted molar refractivity (Wildman–Crippen MR) is 102 cm³/mol. The van der Waals surface area contributed by atoms with Crippen molar-refractivity contribution in [2.24, 2.45) is 0 Å². The fourth-order valence-corrected chi connectivity index (χ4v) is 2.24. The number of carbonyl (C=O) groups excluding carboxylic acids is 2. The van der Waals surface area contributed by atoms with Gasteiger partial charge in [0.2, 0.25) is 0 Å². The number of ether oxygens (including phenoxy) is 2. The maximum absolute atomic E-state index is 12.3. The minimum absolute atomic E-state index is 0.0337. The zero-order valence-electron chi connectivity index (χ0n) is 15.2. The third-order valence-electron chi connectivity index (χ3n) is 3.52. The van der Waals surface area contributed by atoms with E-state index in [0.717, 1.165) is 5.75 Å². The molecule has 0 aliphatic carbocycles. The van der Waals surface area contributed by atoms with Crippen LogP contribution in [0, 0.1) is 11.3 Å². The number of anilines is 1. The second-order valence-electron chi connectivity index (χ2n) is 5.42. The summed E-state index contributed by atoms with van der Waals surface area (Å²) < 4.78 is 10.3. The van der Waals surface area contributed by atoms with Crippen LogP contribution in [-0.2, 0) is 9.53 Å². The van der Waals surface area contributed by atoms with Gasteiger partial charge in [0, 0.05) is 5.69 Å². The molecule has 0 aliphatic rings. The lowest BCUT2D eigenvalue weighted by atomic mass is 10.1. The monoisotopic (exact) mass is 364 g/mol. The van der Waals surface area contributed by atoms with Crippen molar-refractivity contribution in [2.45, 2.75) is 13.8 Å². The summed E-state index contributed by atoms with van der Waals surface area (Å²) in [5, 5.41) is 11.9. The van der Waals surface area contributed by atoms with E-state index >= 15 is 0 Å². The van der Waals surface area contributed by atoms with Crippen LogP contribution in [0.4, 0.5) is 5.69 Å². The third kappa shape index (κ3) is 5.72. The van der Waals surface area contributed by atoms with Crippen molar-refractivity contribution < 1.29 is 19.1 Å². The zero-order valence-corrected chi connectivity index (χ0v) is 15.2. The van der Waals surface area contributed by atoms with Gasteiger partial charge >= 0.3 is 5.97 Å². The number of nitrogens with one attached hydrogen (secondary N) is 1. The van der Waals surface area contributed by atoms with E-state index in [1.54, 1.807) is 55.5 Å². The van der Waals surface area contributed by atoms with Gasteiger partial charge in [0.25, 0.3) is 5.91 Å². The van der Waals surface area contributed by atoms with E-state index in [-0.39, 0.29) is 5.57 Å². The largest absolute Gasteiger partial charge is 0.494 e. The van der Waals surface area contributed by atoms with Crippen LogP contribution >= 0.6 is 0 Å². The molecule has 0 aromatic heterocycles. The second-order valence-corrected chi connectivity index (χ2v) is 5.42. The van der Waals surface area contributed by atoms with Gasteiger partial charge < -0.3 is 14.8 Å². The van der Waals surface area contributed by atoms with Crippen LogP contribution in [0.1, 0.15) is 29.8 Å². The molecule has 27 heavy (non-hydrogen) atoms. The van der Waals surface area contributed by atoms with E-state index in [1.807, 2.05) is 13.0 Å². The lowest BCUT2D eigenvalue weighted by Gasteiger charge is -2.06. The van der Waals surface area contributed by atoms with Crippen LogP contribution in [0.15, 0.2) is 54.1 Å². The Hall–Kier alpha value is -3.59. The predicted octanol–water partition coefficient (Wildman–Crippen LogP) is 3.81. The van der Waals surface area contributed by atoms with E-state index in [4.69, 9.17) is 9.47 Å². The Labute approximate surface area is 158 Å². The van der Waals surface area contributed by atoms with Gasteiger partial charge in [0.15, 0.2) is 0 Å². The summed E-state index contributed by atoms with van der Waals surface area (Å²) in [6.07, 6.45) is 1.50. The number of benzene rings is 2. The van der Waals surface area contributed by atoms with Crippen molar-refractivity contribution >= 4 is 23.6 Å². The van der Waals surface area contributed by atoms with Gasteiger partial charge in [0.05, 0.1) is 18.8 Å². The number of hydrogen-bond acceptors (Lipinski definition) is 5. The normalized spacial score (nSPS) is 10.6. The van der Waals surface area contributed by atoms with E-state index < -0.39 is 11.9 Å². The highest BCUT2D eigenvalue weighted by molar-refractivity contribution is 6.09. The molecule has 0 unspecified atom stereocenters. The van der Waals surface area contributed by atoms with Crippen LogP contribution in [0.5, 0.6) is 5.75 Å². The number of amides is 1. The Kier molecular flexibility index (Phi) is 7.15. The van der Waals surface area contributed by atoms with Crippen LogP contribution in [0.3, 0.4) is 0 Å². The molecule has 138 valence electrons. The molecule has 0 radical (unpaired) electrons. The summed E-state index contributed by atoms with van der Waals surface area (Å²) in [5.41, 5.74) is 1.54. The average molecular weight is 364 g/mol. The standard InChI is InChI=1S/C21H20N2O4/c1-3-26-19-11-5-15(6-12-19)13-17(14-22)20(24)23-18-9-7-16(8-10-18)21(25)27-4-2/h5-13H,3-4H2,1-2H3,(H,23,24)/b17-13-. The number of nitrogens with zero attached hydrogens (tertiary/aromatic N) is 1. The molecule has 0 spiro atoms. The molecule has 2 rings (SSSR count). The summed E-state index contributed by atoms with van der Waals surface area (Å²) in [6.45, 7) is 4.48. The quantitative estimate of drug-likeness (QED) is 0.458. The minimum atomic E-state index is -0.532. The zero-order chi connectivity index (χ0) is 19.6. The van der Waals surface area contributed by atoms with Gasteiger partial charge in [0.1, 0.15) is 17.4 Å². The van der Waals surface area contributed by atoms with Crippen molar-refractivity contribution in [2.75, 3.05) is 18.5 Å². The second kappa shape index (κ2) is 9.78. The molecule has 1 N–H and O–H groups in total. The van der Waals surface area contributed by atoms with E-state index in [9.17, 15) is 14.9 Å². The fourth-order valence-electron chi connectivity index (χ4n) is 2.24. The maximum atomic E-state index is 12.3. The van der Waals surface area contributed by atoms with E-state index in [1.165, 1.54) is 6.08 Å². The Bertz CT molecular complexity index is 863. The number of rotatable bonds is 7.